The van der Waals surface area contributed by atoms with Gasteiger partial charge in [0.2, 0.25) is 19.1 Å². The van der Waals surface area contributed by atoms with Crippen LogP contribution in [-0.4, -0.2) is 17.1 Å². The van der Waals surface area contributed by atoms with Crippen molar-refractivity contribution in [1.29, 1.82) is 0 Å². The number of aromatic nitrogens is 2. The van der Waals surface area contributed by atoms with Crippen LogP contribution < -0.4 is 14.0 Å². The molecule has 0 saturated carbocycles. The minimum absolute atomic E-state index is 0.111. The zero-order chi connectivity index (χ0) is 20.7. The van der Waals surface area contributed by atoms with Gasteiger partial charge in [-0.1, -0.05) is 24.3 Å². The van der Waals surface area contributed by atoms with Crippen LogP contribution in [0.2, 0.25) is 0 Å². The fourth-order valence-electron chi connectivity index (χ4n) is 4.08. The molecule has 0 spiro atoms. The van der Waals surface area contributed by atoms with Gasteiger partial charge in [0, 0.05) is 34.9 Å². The topological polar surface area (TPSA) is 44.3 Å². The molecule has 30 heavy (non-hydrogen) atoms. The SMILES string of the molecule is Cc1cc(C(=O)C[n+]2ccc3ccccc3c2)c(C)n1Cc1ccc2c(c1)OCO2. The predicted molar refractivity (Wildman–Crippen MR) is 114 cm³/mol. The Morgan fingerprint density at radius 1 is 1.00 bits per heavy atom. The van der Waals surface area contributed by atoms with Gasteiger partial charge in [-0.3, -0.25) is 4.79 Å². The summed E-state index contributed by atoms with van der Waals surface area (Å²) < 4.78 is 15.0. The molecule has 1 aliphatic rings. The summed E-state index contributed by atoms with van der Waals surface area (Å²) in [4.78, 5) is 13.1. The first-order chi connectivity index (χ1) is 14.6. The van der Waals surface area contributed by atoms with E-state index in [9.17, 15) is 4.79 Å². The van der Waals surface area contributed by atoms with Crippen molar-refractivity contribution in [3.8, 4) is 11.5 Å². The molecular formula is C25H23N2O3+. The van der Waals surface area contributed by atoms with E-state index in [1.54, 1.807) is 0 Å². The molecule has 2 aromatic heterocycles. The highest BCUT2D eigenvalue weighted by molar-refractivity contribution is 5.96. The quantitative estimate of drug-likeness (QED) is 0.373. The van der Waals surface area contributed by atoms with E-state index >= 15 is 0 Å². The van der Waals surface area contributed by atoms with Crippen LogP contribution in [-0.2, 0) is 13.1 Å². The molecule has 0 bridgehead atoms. The smallest absolute Gasteiger partial charge is 0.231 e. The van der Waals surface area contributed by atoms with Gasteiger partial charge in [0.05, 0.1) is 0 Å². The number of nitrogens with zero attached hydrogens (tertiary/aromatic N) is 2. The van der Waals surface area contributed by atoms with Crippen LogP contribution in [0.15, 0.2) is 67.0 Å². The predicted octanol–water partition coefficient (Wildman–Crippen LogP) is 4.21. The van der Waals surface area contributed by atoms with Crippen LogP contribution in [0.4, 0.5) is 0 Å². The molecule has 0 N–H and O–H groups in total. The number of hydrogen-bond donors (Lipinski definition) is 0. The number of fused-ring (bicyclic) bond motifs is 2. The van der Waals surface area contributed by atoms with Crippen molar-refractivity contribution in [3.63, 3.8) is 0 Å². The van der Waals surface area contributed by atoms with E-state index in [-0.39, 0.29) is 12.6 Å². The first-order valence-electron chi connectivity index (χ1n) is 10.0. The van der Waals surface area contributed by atoms with E-state index in [1.807, 2.05) is 73.3 Å². The summed E-state index contributed by atoms with van der Waals surface area (Å²) >= 11 is 0. The molecule has 5 rings (SSSR count). The molecule has 0 unspecified atom stereocenters. The minimum atomic E-state index is 0.111. The summed E-state index contributed by atoms with van der Waals surface area (Å²) in [6.07, 6.45) is 3.99. The second kappa shape index (κ2) is 7.34. The van der Waals surface area contributed by atoms with Crippen LogP contribution in [0, 0.1) is 13.8 Å². The normalized spacial score (nSPS) is 12.5. The van der Waals surface area contributed by atoms with Gasteiger partial charge < -0.3 is 14.0 Å². The Bertz CT molecular complexity index is 1270. The van der Waals surface area contributed by atoms with E-state index in [4.69, 9.17) is 9.47 Å². The minimum Gasteiger partial charge on any atom is -0.454 e. The Balaban J connectivity index is 1.39. The molecule has 0 saturated heterocycles. The lowest BCUT2D eigenvalue weighted by molar-refractivity contribution is -0.681. The lowest BCUT2D eigenvalue weighted by atomic mass is 10.1. The average Bonchev–Trinajstić information content (AvgIpc) is 3.33. The highest BCUT2D eigenvalue weighted by Gasteiger charge is 2.20. The summed E-state index contributed by atoms with van der Waals surface area (Å²) in [7, 11) is 0. The lowest BCUT2D eigenvalue weighted by Crippen LogP contribution is -2.37. The van der Waals surface area contributed by atoms with Gasteiger partial charge >= 0.3 is 0 Å². The van der Waals surface area contributed by atoms with Gasteiger partial charge in [-0.2, -0.15) is 4.57 Å². The molecular weight excluding hydrogens is 376 g/mol. The monoisotopic (exact) mass is 399 g/mol. The third kappa shape index (κ3) is 3.32. The first kappa shape index (κ1) is 18.4. The maximum Gasteiger partial charge on any atom is 0.231 e. The largest absolute Gasteiger partial charge is 0.454 e. The number of carbonyl (C=O) groups excluding carboxylic acids is 1. The molecule has 3 heterocycles. The van der Waals surface area contributed by atoms with E-state index in [0.717, 1.165) is 39.4 Å². The van der Waals surface area contributed by atoms with Crippen molar-refractivity contribution < 1.29 is 18.8 Å². The first-order valence-corrected chi connectivity index (χ1v) is 10.0. The maximum absolute atomic E-state index is 13.1. The summed E-state index contributed by atoms with van der Waals surface area (Å²) in [6, 6.07) is 18.2. The van der Waals surface area contributed by atoms with E-state index in [0.29, 0.717) is 13.1 Å². The number of ketones is 1. The number of rotatable bonds is 5. The summed E-state index contributed by atoms with van der Waals surface area (Å²) in [6.45, 7) is 5.33. The van der Waals surface area contributed by atoms with Gasteiger partial charge in [0.15, 0.2) is 23.9 Å². The molecule has 4 aromatic rings. The number of benzene rings is 2. The summed E-state index contributed by atoms with van der Waals surface area (Å²) in [5.74, 6) is 1.67. The van der Waals surface area contributed by atoms with Crippen molar-refractivity contribution in [1.82, 2.24) is 4.57 Å². The molecule has 5 heteroatoms. The maximum atomic E-state index is 13.1. The third-order valence-electron chi connectivity index (χ3n) is 5.72. The molecule has 2 aromatic carbocycles. The number of hydrogen-bond acceptors (Lipinski definition) is 3. The highest BCUT2D eigenvalue weighted by Crippen LogP contribution is 2.33. The Kier molecular flexibility index (Phi) is 4.51. The van der Waals surface area contributed by atoms with E-state index in [1.165, 1.54) is 5.39 Å². The highest BCUT2D eigenvalue weighted by atomic mass is 16.7. The van der Waals surface area contributed by atoms with Gasteiger partial charge in [-0.15, -0.1) is 0 Å². The molecule has 0 amide bonds. The van der Waals surface area contributed by atoms with Crippen LogP contribution in [0.3, 0.4) is 0 Å². The van der Waals surface area contributed by atoms with Gasteiger partial charge in [0.25, 0.3) is 0 Å². The molecule has 0 radical (unpaired) electrons. The Morgan fingerprint density at radius 3 is 2.67 bits per heavy atom. The summed E-state index contributed by atoms with van der Waals surface area (Å²) in [5.41, 5.74) is 3.94. The number of pyridine rings is 1. The van der Waals surface area contributed by atoms with Gasteiger partial charge in [-0.25, -0.2) is 0 Å². The molecule has 150 valence electrons. The van der Waals surface area contributed by atoms with Crippen molar-refractivity contribution in [3.05, 3.63) is 89.5 Å². The molecule has 0 atom stereocenters. The lowest BCUT2D eigenvalue weighted by Gasteiger charge is -2.10. The van der Waals surface area contributed by atoms with Gasteiger partial charge in [0.1, 0.15) is 0 Å². The fraction of sp³-hybridized carbons (Fsp3) is 0.200. The molecule has 1 aliphatic heterocycles. The standard InChI is InChI=1S/C25H23N2O3/c1-17-11-22(23(28)15-26-10-9-20-5-3-4-6-21(20)14-26)18(2)27(17)13-19-7-8-24-25(12-19)30-16-29-24/h3-12,14H,13,15-16H2,1-2H3/q+1. The van der Waals surface area contributed by atoms with Crippen LogP contribution in [0.1, 0.15) is 27.3 Å². The zero-order valence-electron chi connectivity index (χ0n) is 17.1. The third-order valence-corrected chi connectivity index (χ3v) is 5.72. The second-order valence-electron chi connectivity index (χ2n) is 7.73. The molecule has 5 nitrogen and oxygen atoms in total. The Hall–Kier alpha value is -3.60. The van der Waals surface area contributed by atoms with Gasteiger partial charge in [-0.05, 0) is 49.1 Å². The fourth-order valence-corrected chi connectivity index (χ4v) is 4.08. The Labute approximate surface area is 175 Å². The zero-order valence-corrected chi connectivity index (χ0v) is 17.1. The second-order valence-corrected chi connectivity index (χ2v) is 7.73. The van der Waals surface area contributed by atoms with Crippen molar-refractivity contribution in [2.24, 2.45) is 0 Å². The Morgan fingerprint density at radius 2 is 1.80 bits per heavy atom. The van der Waals surface area contributed by atoms with E-state index in [2.05, 4.69) is 16.7 Å². The van der Waals surface area contributed by atoms with Crippen molar-refractivity contribution >= 4 is 16.6 Å². The molecule has 0 fully saturated rings. The van der Waals surface area contributed by atoms with Crippen LogP contribution in [0.25, 0.3) is 10.8 Å². The summed E-state index contributed by atoms with van der Waals surface area (Å²) in [5, 5.41) is 2.30. The number of ether oxygens (including phenoxy) is 2. The van der Waals surface area contributed by atoms with Crippen molar-refractivity contribution in [2.45, 2.75) is 26.9 Å². The number of Topliss-reactive ketones (excluding diaryl/α,β-unsaturated/α-hetero) is 1. The molecule has 0 aliphatic carbocycles. The van der Waals surface area contributed by atoms with Crippen LogP contribution >= 0.6 is 0 Å². The van der Waals surface area contributed by atoms with Crippen LogP contribution in [0.5, 0.6) is 11.5 Å². The number of aryl methyl sites for hydroxylation is 1. The van der Waals surface area contributed by atoms with E-state index < -0.39 is 0 Å². The number of carbonyl (C=O) groups is 1. The average molecular weight is 399 g/mol. The van der Waals surface area contributed by atoms with Crippen molar-refractivity contribution in [2.75, 3.05) is 6.79 Å².